The SMILES string of the molecule is CCOc1cccc(C(C#N)NCCC(=O)O)c1. The van der Waals surface area contributed by atoms with Gasteiger partial charge in [-0.25, -0.2) is 0 Å². The Morgan fingerprint density at radius 3 is 3.00 bits per heavy atom. The molecule has 96 valence electrons. The molecule has 18 heavy (non-hydrogen) atoms. The standard InChI is InChI=1S/C13H16N2O3/c1-2-18-11-5-3-4-10(8-11)12(9-14)15-7-6-13(16)17/h3-5,8,12,15H,2,6-7H2,1H3,(H,16,17). The fourth-order valence-electron chi connectivity index (χ4n) is 1.51. The summed E-state index contributed by atoms with van der Waals surface area (Å²) in [6, 6.07) is 8.80. The second kappa shape index (κ2) is 7.30. The van der Waals surface area contributed by atoms with Gasteiger partial charge in [0.1, 0.15) is 11.8 Å². The van der Waals surface area contributed by atoms with Gasteiger partial charge < -0.3 is 9.84 Å². The van der Waals surface area contributed by atoms with Gasteiger partial charge in [0.2, 0.25) is 0 Å². The molecule has 0 aliphatic carbocycles. The molecule has 1 unspecified atom stereocenters. The van der Waals surface area contributed by atoms with Crippen LogP contribution in [-0.4, -0.2) is 24.2 Å². The van der Waals surface area contributed by atoms with E-state index in [1.54, 1.807) is 6.07 Å². The predicted molar refractivity (Wildman–Crippen MR) is 66.2 cm³/mol. The number of benzene rings is 1. The molecule has 0 aromatic heterocycles. The number of nitriles is 1. The zero-order valence-electron chi connectivity index (χ0n) is 10.2. The highest BCUT2D eigenvalue weighted by Gasteiger charge is 2.11. The highest BCUT2D eigenvalue weighted by molar-refractivity contribution is 5.66. The van der Waals surface area contributed by atoms with Crippen molar-refractivity contribution in [3.05, 3.63) is 29.8 Å². The first-order valence-corrected chi connectivity index (χ1v) is 5.75. The van der Waals surface area contributed by atoms with E-state index in [4.69, 9.17) is 15.1 Å². The van der Waals surface area contributed by atoms with E-state index < -0.39 is 12.0 Å². The Morgan fingerprint density at radius 1 is 1.61 bits per heavy atom. The van der Waals surface area contributed by atoms with Crippen molar-refractivity contribution in [3.63, 3.8) is 0 Å². The summed E-state index contributed by atoms with van der Waals surface area (Å²) in [5.41, 5.74) is 0.772. The molecule has 1 atom stereocenters. The van der Waals surface area contributed by atoms with E-state index in [-0.39, 0.29) is 13.0 Å². The molecule has 0 bridgehead atoms. The molecule has 0 aliphatic heterocycles. The summed E-state index contributed by atoms with van der Waals surface area (Å²) >= 11 is 0. The molecule has 0 heterocycles. The van der Waals surface area contributed by atoms with Crippen LogP contribution >= 0.6 is 0 Å². The van der Waals surface area contributed by atoms with E-state index in [0.717, 1.165) is 5.56 Å². The molecular weight excluding hydrogens is 232 g/mol. The predicted octanol–water partition coefficient (Wildman–Crippen LogP) is 1.71. The third-order valence-corrected chi connectivity index (χ3v) is 2.32. The van der Waals surface area contributed by atoms with Gasteiger partial charge in [0, 0.05) is 6.54 Å². The van der Waals surface area contributed by atoms with Gasteiger partial charge in [-0.05, 0) is 24.6 Å². The van der Waals surface area contributed by atoms with Gasteiger partial charge in [-0.2, -0.15) is 5.26 Å². The number of ether oxygens (including phenoxy) is 1. The maximum absolute atomic E-state index is 10.4. The Balaban J connectivity index is 2.67. The number of carboxylic acids is 1. The topological polar surface area (TPSA) is 82.3 Å². The lowest BCUT2D eigenvalue weighted by molar-refractivity contribution is -0.136. The van der Waals surface area contributed by atoms with Gasteiger partial charge in [0.15, 0.2) is 0 Å². The third kappa shape index (κ3) is 4.44. The molecular formula is C13H16N2O3. The zero-order chi connectivity index (χ0) is 13.4. The number of rotatable bonds is 7. The second-order valence-corrected chi connectivity index (χ2v) is 3.67. The van der Waals surface area contributed by atoms with Crippen LogP contribution in [-0.2, 0) is 4.79 Å². The van der Waals surface area contributed by atoms with Gasteiger partial charge >= 0.3 is 5.97 Å². The van der Waals surface area contributed by atoms with Gasteiger partial charge in [-0.1, -0.05) is 12.1 Å². The summed E-state index contributed by atoms with van der Waals surface area (Å²) in [6.45, 7) is 2.71. The Bertz CT molecular complexity index is 440. The molecule has 0 amide bonds. The van der Waals surface area contributed by atoms with Crippen LogP contribution < -0.4 is 10.1 Å². The number of hydrogen-bond acceptors (Lipinski definition) is 4. The summed E-state index contributed by atoms with van der Waals surface area (Å²) in [4.78, 5) is 10.4. The van der Waals surface area contributed by atoms with E-state index in [0.29, 0.717) is 12.4 Å². The largest absolute Gasteiger partial charge is 0.494 e. The molecule has 0 fully saturated rings. The molecule has 5 heteroatoms. The lowest BCUT2D eigenvalue weighted by Gasteiger charge is -2.12. The molecule has 0 aliphatic rings. The monoisotopic (exact) mass is 248 g/mol. The lowest BCUT2D eigenvalue weighted by atomic mass is 10.1. The van der Waals surface area contributed by atoms with E-state index in [9.17, 15) is 4.79 Å². The van der Waals surface area contributed by atoms with Crippen LogP contribution in [0.15, 0.2) is 24.3 Å². The summed E-state index contributed by atoms with van der Waals surface area (Å²) in [5, 5.41) is 20.5. The minimum atomic E-state index is -0.887. The van der Waals surface area contributed by atoms with E-state index in [1.807, 2.05) is 25.1 Å². The molecule has 0 radical (unpaired) electrons. The Hall–Kier alpha value is -2.06. The summed E-state index contributed by atoms with van der Waals surface area (Å²) in [6.07, 6.45) is -0.0106. The normalized spacial score (nSPS) is 11.6. The molecule has 2 N–H and O–H groups in total. The molecule has 0 saturated heterocycles. The summed E-state index contributed by atoms with van der Waals surface area (Å²) in [5.74, 6) is -0.183. The fourth-order valence-corrected chi connectivity index (χ4v) is 1.51. The van der Waals surface area contributed by atoms with Crippen molar-refractivity contribution in [2.45, 2.75) is 19.4 Å². The summed E-state index contributed by atoms with van der Waals surface area (Å²) < 4.78 is 5.35. The quantitative estimate of drug-likeness (QED) is 0.767. The highest BCUT2D eigenvalue weighted by atomic mass is 16.5. The summed E-state index contributed by atoms with van der Waals surface area (Å²) in [7, 11) is 0. The number of nitrogens with one attached hydrogen (secondary N) is 1. The van der Waals surface area contributed by atoms with Crippen LogP contribution in [0.25, 0.3) is 0 Å². The Labute approximate surface area is 106 Å². The molecule has 0 saturated carbocycles. The molecule has 1 aromatic rings. The van der Waals surface area contributed by atoms with Crippen molar-refractivity contribution in [1.82, 2.24) is 5.32 Å². The van der Waals surface area contributed by atoms with Crippen LogP contribution in [0.3, 0.4) is 0 Å². The first-order chi connectivity index (χ1) is 8.67. The zero-order valence-corrected chi connectivity index (χ0v) is 10.2. The number of hydrogen-bond donors (Lipinski definition) is 2. The van der Waals surface area contributed by atoms with Crippen LogP contribution in [0, 0.1) is 11.3 Å². The first-order valence-electron chi connectivity index (χ1n) is 5.75. The molecule has 1 rings (SSSR count). The lowest BCUT2D eigenvalue weighted by Crippen LogP contribution is -2.23. The molecule has 1 aromatic carbocycles. The Kier molecular flexibility index (Phi) is 5.68. The van der Waals surface area contributed by atoms with Gasteiger partial charge in [0.05, 0.1) is 19.1 Å². The van der Waals surface area contributed by atoms with Gasteiger partial charge in [-0.3, -0.25) is 10.1 Å². The van der Waals surface area contributed by atoms with Crippen molar-refractivity contribution in [2.75, 3.05) is 13.2 Å². The number of carbonyl (C=O) groups is 1. The average Bonchev–Trinajstić information content (AvgIpc) is 2.35. The number of carboxylic acid groups (broad SMARTS) is 1. The van der Waals surface area contributed by atoms with Crippen molar-refractivity contribution in [2.24, 2.45) is 0 Å². The van der Waals surface area contributed by atoms with E-state index in [2.05, 4.69) is 11.4 Å². The van der Waals surface area contributed by atoms with Crippen LogP contribution in [0.1, 0.15) is 24.9 Å². The number of nitrogens with zero attached hydrogens (tertiary/aromatic N) is 1. The highest BCUT2D eigenvalue weighted by Crippen LogP contribution is 2.18. The van der Waals surface area contributed by atoms with E-state index in [1.165, 1.54) is 0 Å². The van der Waals surface area contributed by atoms with Crippen molar-refractivity contribution >= 4 is 5.97 Å². The first kappa shape index (κ1) is 14.0. The van der Waals surface area contributed by atoms with Crippen LogP contribution in [0.5, 0.6) is 5.75 Å². The second-order valence-electron chi connectivity index (χ2n) is 3.67. The maximum Gasteiger partial charge on any atom is 0.304 e. The minimum Gasteiger partial charge on any atom is -0.494 e. The minimum absolute atomic E-state index is 0.0106. The third-order valence-electron chi connectivity index (χ3n) is 2.32. The van der Waals surface area contributed by atoms with Crippen molar-refractivity contribution < 1.29 is 14.6 Å². The average molecular weight is 248 g/mol. The van der Waals surface area contributed by atoms with Crippen LogP contribution in [0.2, 0.25) is 0 Å². The smallest absolute Gasteiger partial charge is 0.304 e. The van der Waals surface area contributed by atoms with Crippen molar-refractivity contribution in [3.8, 4) is 11.8 Å². The molecule has 5 nitrogen and oxygen atoms in total. The van der Waals surface area contributed by atoms with Gasteiger partial charge in [-0.15, -0.1) is 0 Å². The van der Waals surface area contributed by atoms with Crippen LogP contribution in [0.4, 0.5) is 0 Å². The number of aliphatic carboxylic acids is 1. The van der Waals surface area contributed by atoms with Gasteiger partial charge in [0.25, 0.3) is 0 Å². The molecule has 0 spiro atoms. The van der Waals surface area contributed by atoms with Crippen molar-refractivity contribution in [1.29, 1.82) is 5.26 Å². The van der Waals surface area contributed by atoms with E-state index >= 15 is 0 Å². The Morgan fingerprint density at radius 2 is 2.39 bits per heavy atom. The maximum atomic E-state index is 10.4. The fraction of sp³-hybridized carbons (Fsp3) is 0.385.